The molecule has 5 heteroatoms. The van der Waals surface area contributed by atoms with Crippen LogP contribution in [-0.2, 0) is 9.84 Å². The SMILES string of the molecule is O=S(=O)(c1ccccc1)[C@@H](Cl)C1(O)CCCCC1. The zero-order valence-electron chi connectivity index (χ0n) is 10.0. The molecule has 1 aromatic rings. The van der Waals surface area contributed by atoms with E-state index in [-0.39, 0.29) is 4.90 Å². The molecule has 1 aromatic carbocycles. The molecule has 3 nitrogen and oxygen atoms in total. The first-order valence-electron chi connectivity index (χ1n) is 6.12. The maximum absolute atomic E-state index is 12.3. The van der Waals surface area contributed by atoms with E-state index in [9.17, 15) is 13.5 Å². The van der Waals surface area contributed by atoms with Crippen LogP contribution >= 0.6 is 11.6 Å². The van der Waals surface area contributed by atoms with Crippen molar-refractivity contribution in [1.82, 2.24) is 0 Å². The molecule has 0 amide bonds. The smallest absolute Gasteiger partial charge is 0.198 e. The third-order valence-corrected chi connectivity index (χ3v) is 6.51. The van der Waals surface area contributed by atoms with Crippen molar-refractivity contribution >= 4 is 21.4 Å². The first kappa shape index (κ1) is 13.8. The molecule has 0 aliphatic heterocycles. The number of hydrogen-bond acceptors (Lipinski definition) is 3. The van der Waals surface area contributed by atoms with Crippen molar-refractivity contribution in [2.75, 3.05) is 0 Å². The largest absolute Gasteiger partial charge is 0.387 e. The number of alkyl halides is 1. The molecule has 0 radical (unpaired) electrons. The lowest BCUT2D eigenvalue weighted by Gasteiger charge is -2.35. The third kappa shape index (κ3) is 2.56. The summed E-state index contributed by atoms with van der Waals surface area (Å²) in [4.78, 5) is 0.170. The molecule has 0 spiro atoms. The van der Waals surface area contributed by atoms with Crippen LogP contribution < -0.4 is 0 Å². The summed E-state index contributed by atoms with van der Waals surface area (Å²) in [5.74, 6) is 0. The normalized spacial score (nSPS) is 21.4. The summed E-state index contributed by atoms with van der Waals surface area (Å²) in [7, 11) is -3.68. The number of rotatable bonds is 3. The van der Waals surface area contributed by atoms with E-state index in [4.69, 9.17) is 11.6 Å². The molecule has 1 atom stereocenters. The van der Waals surface area contributed by atoms with E-state index in [0.717, 1.165) is 19.3 Å². The Kier molecular flexibility index (Phi) is 3.99. The highest BCUT2D eigenvalue weighted by atomic mass is 35.5. The van der Waals surface area contributed by atoms with E-state index >= 15 is 0 Å². The van der Waals surface area contributed by atoms with Crippen molar-refractivity contribution in [3.63, 3.8) is 0 Å². The van der Waals surface area contributed by atoms with Gasteiger partial charge in [0.1, 0.15) is 0 Å². The molecule has 0 aromatic heterocycles. The lowest BCUT2D eigenvalue weighted by molar-refractivity contribution is 0.0167. The second-order valence-electron chi connectivity index (χ2n) is 4.84. The molecule has 0 saturated heterocycles. The van der Waals surface area contributed by atoms with Gasteiger partial charge in [-0.3, -0.25) is 0 Å². The minimum Gasteiger partial charge on any atom is -0.387 e. The van der Waals surface area contributed by atoms with Gasteiger partial charge in [0.2, 0.25) is 0 Å². The third-order valence-electron chi connectivity index (χ3n) is 3.49. The zero-order valence-corrected chi connectivity index (χ0v) is 11.6. The number of hydrogen-bond donors (Lipinski definition) is 1. The predicted molar refractivity (Wildman–Crippen MR) is 71.3 cm³/mol. The summed E-state index contributed by atoms with van der Waals surface area (Å²) in [6.45, 7) is 0. The predicted octanol–water partition coefficient (Wildman–Crippen LogP) is 2.72. The summed E-state index contributed by atoms with van der Waals surface area (Å²) in [5.41, 5.74) is -1.30. The van der Waals surface area contributed by atoms with Gasteiger partial charge in [-0.05, 0) is 25.0 Å². The quantitative estimate of drug-likeness (QED) is 0.870. The van der Waals surface area contributed by atoms with Crippen LogP contribution in [0.15, 0.2) is 35.2 Å². The molecule has 0 unspecified atom stereocenters. The monoisotopic (exact) mass is 288 g/mol. The summed E-state index contributed by atoms with van der Waals surface area (Å²) in [5, 5.41) is 10.4. The first-order chi connectivity index (χ1) is 8.47. The Labute approximate surface area is 113 Å². The van der Waals surface area contributed by atoms with Crippen LogP contribution in [0.3, 0.4) is 0 Å². The fraction of sp³-hybridized carbons (Fsp3) is 0.538. The minimum atomic E-state index is -3.68. The van der Waals surface area contributed by atoms with Crippen LogP contribution in [0.4, 0.5) is 0 Å². The Morgan fingerprint density at radius 1 is 1.11 bits per heavy atom. The van der Waals surface area contributed by atoms with Gasteiger partial charge in [-0.25, -0.2) is 8.42 Å². The molecular formula is C13H17ClO3S. The summed E-state index contributed by atoms with van der Waals surface area (Å²) < 4.78 is 23.4. The lowest BCUT2D eigenvalue weighted by Crippen LogP contribution is -2.45. The summed E-state index contributed by atoms with van der Waals surface area (Å²) in [6.07, 6.45) is 3.58. The van der Waals surface area contributed by atoms with Gasteiger partial charge in [-0.1, -0.05) is 37.5 Å². The highest BCUT2D eigenvalue weighted by molar-refractivity contribution is 7.93. The van der Waals surface area contributed by atoms with Crippen LogP contribution in [0, 0.1) is 0 Å². The van der Waals surface area contributed by atoms with Crippen LogP contribution in [-0.4, -0.2) is 23.8 Å². The topological polar surface area (TPSA) is 54.4 Å². The Hall–Kier alpha value is -0.580. The average molecular weight is 289 g/mol. The molecule has 18 heavy (non-hydrogen) atoms. The van der Waals surface area contributed by atoms with Crippen molar-refractivity contribution in [3.8, 4) is 0 Å². The van der Waals surface area contributed by atoms with Gasteiger partial charge in [-0.2, -0.15) is 0 Å². The maximum atomic E-state index is 12.3. The molecule has 1 saturated carbocycles. The second kappa shape index (κ2) is 5.19. The van der Waals surface area contributed by atoms with Crippen LogP contribution in [0.25, 0.3) is 0 Å². The molecule has 1 aliphatic rings. The average Bonchev–Trinajstić information content (AvgIpc) is 2.40. The Bertz CT molecular complexity index is 492. The number of aliphatic hydroxyl groups is 1. The molecule has 1 N–H and O–H groups in total. The van der Waals surface area contributed by atoms with Crippen molar-refractivity contribution in [3.05, 3.63) is 30.3 Å². The van der Waals surface area contributed by atoms with E-state index in [1.807, 2.05) is 0 Å². The van der Waals surface area contributed by atoms with Crippen LogP contribution in [0.2, 0.25) is 0 Å². The van der Waals surface area contributed by atoms with Crippen molar-refractivity contribution in [1.29, 1.82) is 0 Å². The Morgan fingerprint density at radius 3 is 2.22 bits per heavy atom. The van der Waals surface area contributed by atoms with Crippen LogP contribution in [0.5, 0.6) is 0 Å². The van der Waals surface area contributed by atoms with E-state index in [0.29, 0.717) is 12.8 Å². The highest BCUT2D eigenvalue weighted by Gasteiger charge is 2.44. The Morgan fingerprint density at radius 2 is 1.67 bits per heavy atom. The van der Waals surface area contributed by atoms with Gasteiger partial charge in [-0.15, -0.1) is 11.6 Å². The van der Waals surface area contributed by atoms with Gasteiger partial charge in [0.25, 0.3) is 0 Å². The second-order valence-corrected chi connectivity index (χ2v) is 7.57. The molecule has 2 rings (SSSR count). The van der Waals surface area contributed by atoms with Gasteiger partial charge >= 0.3 is 0 Å². The summed E-state index contributed by atoms with van der Waals surface area (Å²) >= 11 is 6.09. The highest BCUT2D eigenvalue weighted by Crippen LogP contribution is 2.38. The summed E-state index contributed by atoms with van der Waals surface area (Å²) in [6, 6.07) is 8.08. The van der Waals surface area contributed by atoms with Gasteiger partial charge in [0, 0.05) is 0 Å². The van der Waals surface area contributed by atoms with Gasteiger partial charge in [0.15, 0.2) is 14.5 Å². The number of benzene rings is 1. The molecule has 100 valence electrons. The van der Waals surface area contributed by atoms with Gasteiger partial charge < -0.3 is 5.11 Å². The molecular weight excluding hydrogens is 272 g/mol. The van der Waals surface area contributed by atoms with Crippen molar-refractivity contribution in [2.45, 2.75) is 47.3 Å². The van der Waals surface area contributed by atoms with Crippen LogP contribution in [0.1, 0.15) is 32.1 Å². The van der Waals surface area contributed by atoms with E-state index in [1.165, 1.54) is 12.1 Å². The molecule has 1 fully saturated rings. The molecule has 1 aliphatic carbocycles. The van der Waals surface area contributed by atoms with E-state index < -0.39 is 20.1 Å². The Balaban J connectivity index is 2.30. The number of halogens is 1. The fourth-order valence-electron chi connectivity index (χ4n) is 2.41. The first-order valence-corrected chi connectivity index (χ1v) is 8.10. The maximum Gasteiger partial charge on any atom is 0.198 e. The van der Waals surface area contributed by atoms with Crippen molar-refractivity contribution < 1.29 is 13.5 Å². The molecule has 0 bridgehead atoms. The van der Waals surface area contributed by atoms with E-state index in [2.05, 4.69) is 0 Å². The van der Waals surface area contributed by atoms with E-state index in [1.54, 1.807) is 18.2 Å². The van der Waals surface area contributed by atoms with Crippen molar-refractivity contribution in [2.24, 2.45) is 0 Å². The fourth-order valence-corrected chi connectivity index (χ4v) is 4.52. The standard InChI is InChI=1S/C13H17ClO3S/c14-12(13(15)9-5-2-6-10-13)18(16,17)11-7-3-1-4-8-11/h1,3-4,7-8,12,15H,2,5-6,9-10H2/t12-/m1/s1. The lowest BCUT2D eigenvalue weighted by atomic mass is 9.86. The van der Waals surface area contributed by atoms with Gasteiger partial charge in [0.05, 0.1) is 10.5 Å². The molecule has 0 heterocycles. The zero-order chi connectivity index (χ0) is 13.2. The number of sulfone groups is 1. The minimum absolute atomic E-state index is 0.170.